The first-order chi connectivity index (χ1) is 15.0. The van der Waals surface area contributed by atoms with Gasteiger partial charge in [-0.1, -0.05) is 76.2 Å². The van der Waals surface area contributed by atoms with Crippen LogP contribution >= 0.6 is 0 Å². The second-order valence-corrected chi connectivity index (χ2v) is 8.37. The number of aliphatic imine (C=N–C) groups is 1. The zero-order valence-electron chi connectivity index (χ0n) is 18.8. The molecule has 3 aromatic carbocycles. The molecule has 0 spiro atoms. The molecule has 0 amide bonds. The predicted molar refractivity (Wildman–Crippen MR) is 130 cm³/mol. The van der Waals surface area contributed by atoms with Gasteiger partial charge in [-0.05, 0) is 53.6 Å². The largest absolute Gasteiger partial charge is 0.493 e. The number of ether oxygens (including phenoxy) is 2. The fraction of sp³-hybridized carbons (Fsp3) is 0.286. The summed E-state index contributed by atoms with van der Waals surface area (Å²) in [6.45, 7) is 9.87. The Morgan fingerprint density at radius 2 is 1.39 bits per heavy atom. The summed E-state index contributed by atoms with van der Waals surface area (Å²) in [5.74, 6) is 5.79. The Labute approximate surface area is 186 Å². The molecule has 3 nitrogen and oxygen atoms in total. The van der Waals surface area contributed by atoms with Gasteiger partial charge in [0.1, 0.15) is 11.5 Å². The maximum Gasteiger partial charge on any atom is 0.128 e. The number of nitrogens with zero attached hydrogens (tertiary/aromatic N) is 1. The van der Waals surface area contributed by atoms with Gasteiger partial charge in [-0.3, -0.25) is 0 Å². The Bertz CT molecular complexity index is 1020. The Kier molecular flexibility index (Phi) is 8.09. The van der Waals surface area contributed by atoms with Crippen molar-refractivity contribution in [1.82, 2.24) is 0 Å². The molecule has 0 aliphatic carbocycles. The van der Waals surface area contributed by atoms with E-state index in [0.29, 0.717) is 25.0 Å². The van der Waals surface area contributed by atoms with Crippen molar-refractivity contribution in [2.75, 3.05) is 13.2 Å². The van der Waals surface area contributed by atoms with Crippen LogP contribution in [0.4, 0.5) is 5.69 Å². The van der Waals surface area contributed by atoms with Gasteiger partial charge < -0.3 is 9.47 Å². The molecule has 3 aromatic rings. The molecule has 0 saturated carbocycles. The van der Waals surface area contributed by atoms with Gasteiger partial charge in [-0.25, -0.2) is 4.99 Å². The van der Waals surface area contributed by atoms with Gasteiger partial charge in [0.25, 0.3) is 0 Å². The lowest BCUT2D eigenvalue weighted by molar-refractivity contribution is 0.263. The number of rotatable bonds is 9. The van der Waals surface area contributed by atoms with E-state index in [0.717, 1.165) is 33.9 Å². The van der Waals surface area contributed by atoms with E-state index in [-0.39, 0.29) is 0 Å². The van der Waals surface area contributed by atoms with E-state index in [1.54, 1.807) is 0 Å². The third kappa shape index (κ3) is 6.87. The molecule has 0 unspecified atom stereocenters. The SMILES string of the molecule is CC(C)COc1ccc(OCC(C)C)c(C(=C=Nc2ccccc2)c2ccccc2)c1. The molecular weight excluding hydrogens is 382 g/mol. The zero-order valence-corrected chi connectivity index (χ0v) is 18.8. The Balaban J connectivity index is 2.12. The first-order valence-electron chi connectivity index (χ1n) is 10.9. The number of benzene rings is 3. The first-order valence-corrected chi connectivity index (χ1v) is 10.9. The van der Waals surface area contributed by atoms with Crippen LogP contribution in [0.15, 0.2) is 83.9 Å². The van der Waals surface area contributed by atoms with Crippen LogP contribution in [0.25, 0.3) is 5.57 Å². The average Bonchev–Trinajstić information content (AvgIpc) is 2.78. The molecule has 0 bridgehead atoms. The van der Waals surface area contributed by atoms with Crippen LogP contribution in [-0.4, -0.2) is 19.1 Å². The maximum atomic E-state index is 6.18. The monoisotopic (exact) mass is 413 g/mol. The summed E-state index contributed by atoms with van der Waals surface area (Å²) in [6, 6.07) is 26.0. The van der Waals surface area contributed by atoms with Crippen LogP contribution in [0.2, 0.25) is 0 Å². The normalized spacial score (nSPS) is 10.6. The molecule has 3 rings (SSSR count). The lowest BCUT2D eigenvalue weighted by atomic mass is 9.98. The average molecular weight is 414 g/mol. The Hall–Kier alpha value is -3.29. The number of para-hydroxylation sites is 1. The van der Waals surface area contributed by atoms with Crippen LogP contribution in [0.1, 0.15) is 38.8 Å². The summed E-state index contributed by atoms with van der Waals surface area (Å²) in [4.78, 5) is 4.62. The summed E-state index contributed by atoms with van der Waals surface area (Å²) in [5, 5.41) is 0. The van der Waals surface area contributed by atoms with E-state index >= 15 is 0 Å². The molecule has 160 valence electrons. The summed E-state index contributed by atoms with van der Waals surface area (Å²) >= 11 is 0. The van der Waals surface area contributed by atoms with E-state index in [2.05, 4.69) is 50.7 Å². The lowest BCUT2D eigenvalue weighted by Crippen LogP contribution is -2.08. The van der Waals surface area contributed by atoms with Gasteiger partial charge in [-0.15, -0.1) is 0 Å². The standard InChI is InChI=1S/C28H31NO2/c1-21(2)19-30-25-15-16-28(31-20-22(3)4)26(17-25)27(23-11-7-5-8-12-23)18-29-24-13-9-6-10-14-24/h5-17,21-22H,19-20H2,1-4H3. The molecule has 0 aromatic heterocycles. The highest BCUT2D eigenvalue weighted by Gasteiger charge is 2.14. The van der Waals surface area contributed by atoms with Crippen molar-refractivity contribution >= 4 is 17.1 Å². The lowest BCUT2D eigenvalue weighted by Gasteiger charge is -2.17. The van der Waals surface area contributed by atoms with E-state index < -0.39 is 0 Å². The minimum atomic E-state index is 0.423. The maximum absolute atomic E-state index is 6.18. The Morgan fingerprint density at radius 1 is 0.774 bits per heavy atom. The quantitative estimate of drug-likeness (QED) is 0.348. The summed E-state index contributed by atoms with van der Waals surface area (Å²) in [7, 11) is 0. The van der Waals surface area contributed by atoms with Crippen LogP contribution in [-0.2, 0) is 0 Å². The number of hydrogen-bond acceptors (Lipinski definition) is 3. The minimum absolute atomic E-state index is 0.423. The van der Waals surface area contributed by atoms with Crippen LogP contribution in [0.3, 0.4) is 0 Å². The molecule has 0 heterocycles. The van der Waals surface area contributed by atoms with Gasteiger partial charge in [0.05, 0.1) is 24.5 Å². The van der Waals surface area contributed by atoms with Crippen molar-refractivity contribution < 1.29 is 9.47 Å². The van der Waals surface area contributed by atoms with Gasteiger partial charge in [0, 0.05) is 5.56 Å². The molecule has 0 N–H and O–H groups in total. The van der Waals surface area contributed by atoms with Gasteiger partial charge in [0.15, 0.2) is 0 Å². The van der Waals surface area contributed by atoms with Crippen molar-refractivity contribution in [3.63, 3.8) is 0 Å². The fourth-order valence-electron chi connectivity index (χ4n) is 2.95. The summed E-state index contributed by atoms with van der Waals surface area (Å²) < 4.78 is 12.2. The van der Waals surface area contributed by atoms with Crippen molar-refractivity contribution in [2.45, 2.75) is 27.7 Å². The first kappa shape index (κ1) is 22.4. The van der Waals surface area contributed by atoms with E-state index in [9.17, 15) is 0 Å². The van der Waals surface area contributed by atoms with Crippen LogP contribution in [0, 0.1) is 11.8 Å². The second-order valence-electron chi connectivity index (χ2n) is 8.37. The third-order valence-electron chi connectivity index (χ3n) is 4.49. The van der Waals surface area contributed by atoms with Gasteiger partial charge in [-0.2, -0.15) is 0 Å². The highest BCUT2D eigenvalue weighted by atomic mass is 16.5. The number of hydrogen-bond donors (Lipinski definition) is 0. The van der Waals surface area contributed by atoms with E-state index in [4.69, 9.17) is 9.47 Å². The van der Waals surface area contributed by atoms with Gasteiger partial charge in [0.2, 0.25) is 0 Å². The summed E-state index contributed by atoms with van der Waals surface area (Å²) in [6.07, 6.45) is 0. The molecule has 0 fully saturated rings. The minimum Gasteiger partial charge on any atom is -0.493 e. The van der Waals surface area contributed by atoms with Crippen LogP contribution < -0.4 is 9.47 Å². The predicted octanol–water partition coefficient (Wildman–Crippen LogP) is 7.19. The van der Waals surface area contributed by atoms with Crippen molar-refractivity contribution in [2.24, 2.45) is 16.8 Å². The van der Waals surface area contributed by atoms with Crippen molar-refractivity contribution in [1.29, 1.82) is 0 Å². The fourth-order valence-corrected chi connectivity index (χ4v) is 2.95. The highest BCUT2D eigenvalue weighted by molar-refractivity contribution is 6.01. The van der Waals surface area contributed by atoms with Gasteiger partial charge >= 0.3 is 0 Å². The Morgan fingerprint density at radius 3 is 2.03 bits per heavy atom. The van der Waals surface area contributed by atoms with E-state index in [1.807, 2.05) is 66.7 Å². The van der Waals surface area contributed by atoms with E-state index in [1.165, 1.54) is 0 Å². The molecule has 3 heteroatoms. The topological polar surface area (TPSA) is 30.8 Å². The zero-order chi connectivity index (χ0) is 22.1. The third-order valence-corrected chi connectivity index (χ3v) is 4.49. The molecular formula is C28H31NO2. The molecule has 0 saturated heterocycles. The second kappa shape index (κ2) is 11.2. The molecule has 0 radical (unpaired) electrons. The van der Waals surface area contributed by atoms with Crippen molar-refractivity contribution in [3.05, 3.63) is 90.0 Å². The smallest absolute Gasteiger partial charge is 0.128 e. The van der Waals surface area contributed by atoms with Crippen LogP contribution in [0.5, 0.6) is 11.5 Å². The summed E-state index contributed by atoms with van der Waals surface area (Å²) in [5.41, 5.74) is 3.68. The highest BCUT2D eigenvalue weighted by Crippen LogP contribution is 2.33. The molecule has 0 aliphatic rings. The molecule has 31 heavy (non-hydrogen) atoms. The molecule has 0 atom stereocenters. The van der Waals surface area contributed by atoms with Crippen molar-refractivity contribution in [3.8, 4) is 11.5 Å². The molecule has 0 aliphatic heterocycles.